The highest BCUT2D eigenvalue weighted by Gasteiger charge is 2.37. The van der Waals surface area contributed by atoms with Crippen molar-refractivity contribution in [2.24, 2.45) is 0 Å². The second-order valence-electron chi connectivity index (χ2n) is 4.68. The lowest BCUT2D eigenvalue weighted by molar-refractivity contribution is -0.122. The Morgan fingerprint density at radius 2 is 2.05 bits per heavy atom. The molecule has 2 aromatic rings. The maximum atomic E-state index is 12.5. The molecule has 1 N–H and O–H groups in total. The number of hydrogen-bond acceptors (Lipinski definition) is 5. The van der Waals surface area contributed by atoms with Crippen LogP contribution in [0.25, 0.3) is 11.3 Å². The number of halogens is 1. The second-order valence-corrected chi connectivity index (χ2v) is 5.11. The van der Waals surface area contributed by atoms with Gasteiger partial charge < -0.3 is 5.11 Å². The Hall–Kier alpha value is -2.73. The summed E-state index contributed by atoms with van der Waals surface area (Å²) in [6.07, 6.45) is 2.73. The van der Waals surface area contributed by atoms with Crippen LogP contribution < -0.4 is 4.90 Å². The molecule has 0 fully saturated rings. The van der Waals surface area contributed by atoms with Crippen LogP contribution in [0.15, 0.2) is 36.7 Å². The predicted octanol–water partition coefficient (Wildman–Crippen LogP) is 2.45. The first-order chi connectivity index (χ1) is 10.5. The standard InChI is InChI=1S/C15H10ClN3O3/c1-8(20)19-12-6-10(16)2-3-11(12)13(15(19)22)14(21)9-4-5-17-18-7-9/h2-7,21H,1H3/b14-13+. The predicted molar refractivity (Wildman–Crippen MR) is 81.1 cm³/mol. The molecular weight excluding hydrogens is 306 g/mol. The zero-order valence-corrected chi connectivity index (χ0v) is 12.2. The minimum Gasteiger partial charge on any atom is -0.506 e. The second kappa shape index (κ2) is 5.23. The van der Waals surface area contributed by atoms with Gasteiger partial charge in [-0.2, -0.15) is 10.2 Å². The van der Waals surface area contributed by atoms with E-state index in [-0.39, 0.29) is 11.3 Å². The highest BCUT2D eigenvalue weighted by Crippen LogP contribution is 2.41. The van der Waals surface area contributed by atoms with E-state index < -0.39 is 11.8 Å². The lowest BCUT2D eigenvalue weighted by Gasteiger charge is -2.12. The molecule has 2 heterocycles. The molecule has 0 spiro atoms. The summed E-state index contributed by atoms with van der Waals surface area (Å²) in [5.74, 6) is -1.31. The molecule has 0 saturated carbocycles. The van der Waals surface area contributed by atoms with Gasteiger partial charge in [0.1, 0.15) is 5.76 Å². The van der Waals surface area contributed by atoms with Crippen molar-refractivity contribution < 1.29 is 14.7 Å². The number of rotatable bonds is 1. The summed E-state index contributed by atoms with van der Waals surface area (Å²) < 4.78 is 0. The van der Waals surface area contributed by atoms with E-state index in [1.807, 2.05) is 0 Å². The molecule has 2 amide bonds. The molecule has 0 unspecified atom stereocenters. The first kappa shape index (κ1) is 14.2. The van der Waals surface area contributed by atoms with Crippen molar-refractivity contribution in [3.8, 4) is 0 Å². The van der Waals surface area contributed by atoms with E-state index in [4.69, 9.17) is 11.6 Å². The van der Waals surface area contributed by atoms with Crippen LogP contribution in [0.4, 0.5) is 5.69 Å². The topological polar surface area (TPSA) is 83.4 Å². The molecule has 7 heteroatoms. The molecule has 1 aromatic carbocycles. The van der Waals surface area contributed by atoms with Gasteiger partial charge in [-0.25, -0.2) is 4.90 Å². The molecule has 1 aliphatic rings. The van der Waals surface area contributed by atoms with Crippen LogP contribution in [0.3, 0.4) is 0 Å². The molecule has 0 aliphatic carbocycles. The highest BCUT2D eigenvalue weighted by atomic mass is 35.5. The third kappa shape index (κ3) is 2.14. The van der Waals surface area contributed by atoms with Crippen molar-refractivity contribution in [3.05, 3.63) is 52.8 Å². The van der Waals surface area contributed by atoms with Gasteiger partial charge in [-0.1, -0.05) is 17.7 Å². The average molecular weight is 316 g/mol. The van der Waals surface area contributed by atoms with Gasteiger partial charge in [-0.15, -0.1) is 0 Å². The van der Waals surface area contributed by atoms with Crippen LogP contribution in [0.5, 0.6) is 0 Å². The molecule has 3 rings (SSSR count). The van der Waals surface area contributed by atoms with Crippen molar-refractivity contribution in [3.63, 3.8) is 0 Å². The Morgan fingerprint density at radius 1 is 1.27 bits per heavy atom. The number of fused-ring (bicyclic) bond motifs is 1. The van der Waals surface area contributed by atoms with E-state index in [2.05, 4.69) is 10.2 Å². The third-order valence-corrected chi connectivity index (χ3v) is 3.53. The van der Waals surface area contributed by atoms with E-state index in [9.17, 15) is 14.7 Å². The number of amides is 2. The van der Waals surface area contributed by atoms with Crippen LogP contribution in [0.2, 0.25) is 5.02 Å². The number of anilines is 1. The summed E-state index contributed by atoms with van der Waals surface area (Å²) in [6, 6.07) is 6.23. The van der Waals surface area contributed by atoms with Crippen LogP contribution in [0, 0.1) is 0 Å². The summed E-state index contributed by atoms with van der Waals surface area (Å²) >= 11 is 5.94. The first-order valence-corrected chi connectivity index (χ1v) is 6.73. The number of aliphatic hydroxyl groups is 1. The molecule has 0 atom stereocenters. The number of imide groups is 1. The molecule has 110 valence electrons. The highest BCUT2D eigenvalue weighted by molar-refractivity contribution is 6.43. The van der Waals surface area contributed by atoms with Crippen molar-refractivity contribution in [1.82, 2.24) is 10.2 Å². The Kier molecular flexibility index (Phi) is 3.38. The number of aliphatic hydroxyl groups excluding tert-OH is 1. The Bertz CT molecular complexity index is 818. The van der Waals surface area contributed by atoms with Crippen LogP contribution in [-0.4, -0.2) is 27.1 Å². The fourth-order valence-electron chi connectivity index (χ4n) is 2.35. The zero-order valence-electron chi connectivity index (χ0n) is 11.4. The molecule has 0 saturated heterocycles. The first-order valence-electron chi connectivity index (χ1n) is 6.36. The lowest BCUT2D eigenvalue weighted by atomic mass is 10.0. The molecule has 0 radical (unpaired) electrons. The largest absolute Gasteiger partial charge is 0.506 e. The van der Waals surface area contributed by atoms with Gasteiger partial charge in [0, 0.05) is 23.1 Å². The van der Waals surface area contributed by atoms with Gasteiger partial charge in [0.05, 0.1) is 23.7 Å². The van der Waals surface area contributed by atoms with Gasteiger partial charge >= 0.3 is 0 Å². The average Bonchev–Trinajstić information content (AvgIpc) is 2.78. The van der Waals surface area contributed by atoms with Gasteiger partial charge in [-0.3, -0.25) is 9.59 Å². The Labute approximate surface area is 130 Å². The molecular formula is C15H10ClN3O3. The van der Waals surface area contributed by atoms with Crippen LogP contribution in [0.1, 0.15) is 18.1 Å². The number of aromatic nitrogens is 2. The molecule has 0 bridgehead atoms. The van der Waals surface area contributed by atoms with Crippen molar-refractivity contribution in [1.29, 1.82) is 0 Å². The summed E-state index contributed by atoms with van der Waals surface area (Å²) in [7, 11) is 0. The van der Waals surface area contributed by atoms with Crippen LogP contribution >= 0.6 is 11.6 Å². The van der Waals surface area contributed by atoms with Gasteiger partial charge in [0.15, 0.2) is 0 Å². The molecule has 22 heavy (non-hydrogen) atoms. The summed E-state index contributed by atoms with van der Waals surface area (Å²) in [4.78, 5) is 25.3. The molecule has 1 aromatic heterocycles. The molecule has 6 nitrogen and oxygen atoms in total. The van der Waals surface area contributed by atoms with E-state index in [1.54, 1.807) is 12.1 Å². The van der Waals surface area contributed by atoms with Crippen LogP contribution in [-0.2, 0) is 9.59 Å². The maximum absolute atomic E-state index is 12.5. The third-order valence-electron chi connectivity index (χ3n) is 3.30. The molecule has 1 aliphatic heterocycles. The summed E-state index contributed by atoms with van der Waals surface area (Å²) in [6.45, 7) is 1.27. The number of benzene rings is 1. The summed E-state index contributed by atoms with van der Waals surface area (Å²) in [5, 5.41) is 18.1. The Balaban J connectivity index is 2.27. The van der Waals surface area contributed by atoms with Gasteiger partial charge in [0.25, 0.3) is 5.91 Å². The monoisotopic (exact) mass is 315 g/mol. The minimum absolute atomic E-state index is 0.0369. The van der Waals surface area contributed by atoms with Crippen molar-refractivity contribution in [2.45, 2.75) is 6.92 Å². The van der Waals surface area contributed by atoms with E-state index in [0.29, 0.717) is 21.8 Å². The van der Waals surface area contributed by atoms with Gasteiger partial charge in [0.2, 0.25) is 5.91 Å². The Morgan fingerprint density at radius 3 is 2.68 bits per heavy atom. The number of carbonyl (C=O) groups is 2. The number of nitrogens with zero attached hydrogens (tertiary/aromatic N) is 3. The van der Waals surface area contributed by atoms with E-state index in [0.717, 1.165) is 4.90 Å². The fraction of sp³-hybridized carbons (Fsp3) is 0.0667. The maximum Gasteiger partial charge on any atom is 0.269 e. The quantitative estimate of drug-likeness (QED) is 0.645. The van der Waals surface area contributed by atoms with Crippen molar-refractivity contribution in [2.75, 3.05) is 4.90 Å². The minimum atomic E-state index is -0.598. The zero-order chi connectivity index (χ0) is 15.9. The van der Waals surface area contributed by atoms with E-state index >= 15 is 0 Å². The van der Waals surface area contributed by atoms with E-state index in [1.165, 1.54) is 31.5 Å². The number of hydrogen-bond donors (Lipinski definition) is 1. The normalized spacial score (nSPS) is 15.7. The van der Waals surface area contributed by atoms with Crippen molar-refractivity contribution >= 4 is 40.4 Å². The van der Waals surface area contributed by atoms with Gasteiger partial charge in [-0.05, 0) is 18.2 Å². The fourth-order valence-corrected chi connectivity index (χ4v) is 2.52. The summed E-state index contributed by atoms with van der Waals surface area (Å²) in [5.41, 5.74) is 1.17. The lowest BCUT2D eigenvalue weighted by Crippen LogP contribution is -2.31. The SMILES string of the molecule is CC(=O)N1C(=O)/C(=C(/O)c2ccnnc2)c2ccc(Cl)cc21. The smallest absolute Gasteiger partial charge is 0.269 e. The number of carbonyl (C=O) groups excluding carboxylic acids is 2.